The molecule has 0 saturated carbocycles. The molecule has 24 heavy (non-hydrogen) atoms. The molecule has 2 aliphatic rings. The lowest BCUT2D eigenvalue weighted by atomic mass is 10.0. The Hall–Kier alpha value is -2.38. The number of nitrogens with zero attached hydrogens (tertiary/aromatic N) is 2. The van der Waals surface area contributed by atoms with Gasteiger partial charge in [0.1, 0.15) is 0 Å². The largest absolute Gasteiger partial charge is 0.330 e. The second-order valence-electron chi connectivity index (χ2n) is 6.03. The predicted molar refractivity (Wildman–Crippen MR) is 97.7 cm³/mol. The molecule has 1 fully saturated rings. The van der Waals surface area contributed by atoms with E-state index in [1.807, 2.05) is 46.2 Å². The first-order valence-electron chi connectivity index (χ1n) is 8.22. The van der Waals surface area contributed by atoms with Crippen molar-refractivity contribution in [3.63, 3.8) is 0 Å². The molecule has 0 spiro atoms. The number of rotatable bonds is 0. The van der Waals surface area contributed by atoms with E-state index >= 15 is 0 Å². The highest BCUT2D eigenvalue weighted by Crippen LogP contribution is 2.48. The molecule has 0 bridgehead atoms. The van der Waals surface area contributed by atoms with Crippen LogP contribution in [-0.2, 0) is 0 Å². The van der Waals surface area contributed by atoms with Crippen LogP contribution in [0.4, 0.5) is 16.2 Å². The average Bonchev–Trinajstić information content (AvgIpc) is 2.65. The number of piperidine rings is 1. The summed E-state index contributed by atoms with van der Waals surface area (Å²) in [5.41, 5.74) is 1.88. The van der Waals surface area contributed by atoms with Crippen molar-refractivity contribution < 1.29 is 4.79 Å². The van der Waals surface area contributed by atoms with Crippen molar-refractivity contribution in [3.8, 4) is 12.3 Å². The molecular weight excluding hydrogens is 316 g/mol. The Bertz CT molecular complexity index is 781. The summed E-state index contributed by atoms with van der Waals surface area (Å²) in [7, 11) is 0. The van der Waals surface area contributed by atoms with Crippen LogP contribution in [0.1, 0.15) is 19.3 Å². The monoisotopic (exact) mass is 334 g/mol. The Kier molecular flexibility index (Phi) is 3.95. The number of anilines is 2. The van der Waals surface area contributed by atoms with Crippen LogP contribution in [0.15, 0.2) is 58.3 Å². The molecule has 0 unspecified atom stereocenters. The maximum atomic E-state index is 13.4. The molecule has 3 nitrogen and oxygen atoms in total. The van der Waals surface area contributed by atoms with E-state index < -0.39 is 0 Å². The topological polar surface area (TPSA) is 23.6 Å². The first-order chi connectivity index (χ1) is 11.8. The molecule has 2 aliphatic heterocycles. The SMILES string of the molecule is C#C[C@H]1CCCCN1C(=O)N1c2ccccc2Sc2ccccc21. The average molecular weight is 334 g/mol. The summed E-state index contributed by atoms with van der Waals surface area (Å²) in [5.74, 6) is 2.80. The van der Waals surface area contributed by atoms with Crippen molar-refractivity contribution in [1.29, 1.82) is 0 Å². The summed E-state index contributed by atoms with van der Waals surface area (Å²) in [5, 5.41) is 0. The minimum absolute atomic E-state index is 0.0159. The molecular formula is C20H18N2OS. The number of fused-ring (bicyclic) bond motifs is 2. The molecule has 120 valence electrons. The van der Waals surface area contributed by atoms with Crippen molar-refractivity contribution >= 4 is 29.2 Å². The van der Waals surface area contributed by atoms with Crippen LogP contribution in [0.25, 0.3) is 0 Å². The summed E-state index contributed by atoms with van der Waals surface area (Å²) < 4.78 is 0. The van der Waals surface area contributed by atoms with Gasteiger partial charge in [0, 0.05) is 16.3 Å². The molecule has 2 heterocycles. The van der Waals surface area contributed by atoms with Crippen molar-refractivity contribution in [1.82, 2.24) is 4.90 Å². The number of likely N-dealkylation sites (tertiary alicyclic amines) is 1. The standard InChI is InChI=1S/C20H18N2OS/c1-2-15-9-7-8-14-21(15)20(23)22-16-10-3-5-12-18(16)24-19-13-6-4-11-17(19)22/h1,3-6,10-13,15H,7-9,14H2/t15-/m0/s1. The Labute approximate surface area is 146 Å². The number of hydrogen-bond acceptors (Lipinski definition) is 2. The summed E-state index contributed by atoms with van der Waals surface area (Å²) in [6.45, 7) is 0.724. The lowest BCUT2D eigenvalue weighted by molar-refractivity contribution is 0.179. The van der Waals surface area contributed by atoms with E-state index in [0.29, 0.717) is 0 Å². The van der Waals surface area contributed by atoms with Crippen molar-refractivity contribution in [3.05, 3.63) is 48.5 Å². The van der Waals surface area contributed by atoms with Crippen LogP contribution in [0.3, 0.4) is 0 Å². The Morgan fingerprint density at radius 3 is 2.29 bits per heavy atom. The van der Waals surface area contributed by atoms with Gasteiger partial charge in [-0.1, -0.05) is 41.9 Å². The molecule has 0 radical (unpaired) electrons. The number of hydrogen-bond donors (Lipinski definition) is 0. The van der Waals surface area contributed by atoms with Crippen molar-refractivity contribution in [2.75, 3.05) is 11.4 Å². The van der Waals surface area contributed by atoms with Gasteiger partial charge < -0.3 is 4.90 Å². The minimum Gasteiger partial charge on any atom is -0.310 e. The molecule has 2 amide bonds. The van der Waals surface area contributed by atoms with E-state index in [2.05, 4.69) is 18.1 Å². The second-order valence-corrected chi connectivity index (χ2v) is 7.11. The van der Waals surface area contributed by atoms with Gasteiger partial charge in [-0.2, -0.15) is 0 Å². The van der Waals surface area contributed by atoms with E-state index in [-0.39, 0.29) is 12.1 Å². The molecule has 1 atom stereocenters. The maximum absolute atomic E-state index is 13.4. The number of urea groups is 1. The summed E-state index contributed by atoms with van der Waals surface area (Å²) in [6, 6.07) is 16.0. The smallest absolute Gasteiger partial charge is 0.310 e. The minimum atomic E-state index is -0.111. The number of para-hydroxylation sites is 2. The molecule has 4 rings (SSSR count). The van der Waals surface area contributed by atoms with Crippen LogP contribution in [0.5, 0.6) is 0 Å². The van der Waals surface area contributed by atoms with Crippen LogP contribution in [0.2, 0.25) is 0 Å². The van der Waals surface area contributed by atoms with E-state index in [1.54, 1.807) is 11.8 Å². The zero-order valence-corrected chi connectivity index (χ0v) is 14.1. The van der Waals surface area contributed by atoms with E-state index in [0.717, 1.165) is 47.0 Å². The number of terminal acetylenes is 1. The van der Waals surface area contributed by atoms with Crippen molar-refractivity contribution in [2.24, 2.45) is 0 Å². The zero-order valence-electron chi connectivity index (χ0n) is 13.3. The van der Waals surface area contributed by atoms with Gasteiger partial charge >= 0.3 is 6.03 Å². The normalized spacial score (nSPS) is 19.2. The molecule has 0 N–H and O–H groups in total. The van der Waals surface area contributed by atoms with Gasteiger partial charge in [-0.05, 0) is 43.5 Å². The lowest BCUT2D eigenvalue weighted by Gasteiger charge is -2.39. The fourth-order valence-corrected chi connectivity index (χ4v) is 4.43. The highest BCUT2D eigenvalue weighted by molar-refractivity contribution is 7.99. The molecule has 2 aromatic rings. The van der Waals surface area contributed by atoms with E-state index in [1.165, 1.54) is 0 Å². The Morgan fingerprint density at radius 1 is 1.04 bits per heavy atom. The lowest BCUT2D eigenvalue weighted by Crippen LogP contribution is -2.49. The van der Waals surface area contributed by atoms with Gasteiger partial charge in [-0.3, -0.25) is 4.90 Å². The van der Waals surface area contributed by atoms with Crippen LogP contribution < -0.4 is 4.90 Å². The Morgan fingerprint density at radius 2 is 1.67 bits per heavy atom. The van der Waals surface area contributed by atoms with Gasteiger partial charge in [0.15, 0.2) is 0 Å². The van der Waals surface area contributed by atoms with Gasteiger partial charge in [-0.25, -0.2) is 4.79 Å². The molecule has 0 aromatic heterocycles. The van der Waals surface area contributed by atoms with Crippen LogP contribution in [-0.4, -0.2) is 23.5 Å². The number of amides is 2. The fourth-order valence-electron chi connectivity index (χ4n) is 3.37. The first-order valence-corrected chi connectivity index (χ1v) is 9.04. The first kappa shape index (κ1) is 15.2. The molecule has 0 aliphatic carbocycles. The number of carbonyl (C=O) groups excluding carboxylic acids is 1. The van der Waals surface area contributed by atoms with Gasteiger partial charge in [-0.15, -0.1) is 6.42 Å². The third-order valence-electron chi connectivity index (χ3n) is 4.56. The second kappa shape index (κ2) is 6.26. The quantitative estimate of drug-likeness (QED) is 0.640. The number of benzene rings is 2. The highest BCUT2D eigenvalue weighted by Gasteiger charge is 2.34. The fraction of sp³-hybridized carbons (Fsp3) is 0.250. The molecule has 1 saturated heterocycles. The Balaban J connectivity index is 1.80. The highest BCUT2D eigenvalue weighted by atomic mass is 32.2. The predicted octanol–water partition coefficient (Wildman–Crippen LogP) is 4.90. The third kappa shape index (κ3) is 2.46. The summed E-state index contributed by atoms with van der Waals surface area (Å²) in [4.78, 5) is 19.3. The van der Waals surface area contributed by atoms with E-state index in [9.17, 15) is 4.79 Å². The molecule has 2 aromatic carbocycles. The maximum Gasteiger partial charge on any atom is 0.330 e. The summed E-state index contributed by atoms with van der Waals surface area (Å²) in [6.07, 6.45) is 8.66. The summed E-state index contributed by atoms with van der Waals surface area (Å²) >= 11 is 1.70. The van der Waals surface area contributed by atoms with Gasteiger partial charge in [0.05, 0.1) is 17.4 Å². The molecule has 4 heteroatoms. The van der Waals surface area contributed by atoms with Crippen molar-refractivity contribution in [2.45, 2.75) is 35.1 Å². The van der Waals surface area contributed by atoms with Crippen LogP contribution in [0, 0.1) is 12.3 Å². The van der Waals surface area contributed by atoms with E-state index in [4.69, 9.17) is 6.42 Å². The van der Waals surface area contributed by atoms with Crippen LogP contribution >= 0.6 is 11.8 Å². The number of carbonyl (C=O) groups is 1. The van der Waals surface area contributed by atoms with Gasteiger partial charge in [0.25, 0.3) is 0 Å². The third-order valence-corrected chi connectivity index (χ3v) is 5.69. The van der Waals surface area contributed by atoms with Gasteiger partial charge in [0.2, 0.25) is 0 Å². The zero-order chi connectivity index (χ0) is 16.5.